The second-order valence-corrected chi connectivity index (χ2v) is 3.62. The van der Waals surface area contributed by atoms with E-state index in [0.717, 1.165) is 32.1 Å². The average Bonchev–Trinajstić information content (AvgIpc) is 2.35. The third-order valence-corrected chi connectivity index (χ3v) is 2.52. The van der Waals surface area contributed by atoms with Gasteiger partial charge in [0.2, 0.25) is 0 Å². The van der Waals surface area contributed by atoms with E-state index in [-0.39, 0.29) is 12.5 Å². The normalized spacial score (nSPS) is 29.1. The number of aliphatic hydroxyl groups excluding tert-OH is 1. The fourth-order valence-corrected chi connectivity index (χ4v) is 1.85. The molecule has 0 radical (unpaired) electrons. The highest BCUT2D eigenvalue weighted by Gasteiger charge is 2.22. The van der Waals surface area contributed by atoms with Crippen molar-refractivity contribution in [1.29, 1.82) is 0 Å². The van der Waals surface area contributed by atoms with Crippen LogP contribution in [-0.4, -0.2) is 22.3 Å². The van der Waals surface area contributed by atoms with Crippen LogP contribution in [0.3, 0.4) is 0 Å². The quantitative estimate of drug-likeness (QED) is 0.674. The van der Waals surface area contributed by atoms with Gasteiger partial charge in [-0.1, -0.05) is 0 Å². The van der Waals surface area contributed by atoms with Crippen molar-refractivity contribution in [1.82, 2.24) is 0 Å². The van der Waals surface area contributed by atoms with Crippen LogP contribution < -0.4 is 0 Å². The molecule has 2 N–H and O–H groups in total. The van der Waals surface area contributed by atoms with Crippen LogP contribution in [0.5, 0.6) is 0 Å². The summed E-state index contributed by atoms with van der Waals surface area (Å²) in [5.74, 6) is -0.145. The molecule has 0 heterocycles. The summed E-state index contributed by atoms with van der Waals surface area (Å²) >= 11 is 0. The molecule has 0 bridgehead atoms. The SMILES string of the molecule is O=C(O)CCCC1CCC(O)C1. The lowest BCUT2D eigenvalue weighted by Gasteiger charge is -2.06. The van der Waals surface area contributed by atoms with E-state index >= 15 is 0 Å². The van der Waals surface area contributed by atoms with Gasteiger partial charge in [0.15, 0.2) is 0 Å². The van der Waals surface area contributed by atoms with E-state index in [1.165, 1.54) is 0 Å². The molecule has 2 unspecified atom stereocenters. The van der Waals surface area contributed by atoms with Crippen molar-refractivity contribution in [2.45, 2.75) is 44.6 Å². The maximum Gasteiger partial charge on any atom is 0.303 e. The lowest BCUT2D eigenvalue weighted by atomic mass is 10.0. The molecule has 0 aliphatic heterocycles. The molecular weight excluding hydrogens is 156 g/mol. The van der Waals surface area contributed by atoms with E-state index < -0.39 is 5.97 Å². The second kappa shape index (κ2) is 4.45. The van der Waals surface area contributed by atoms with Gasteiger partial charge >= 0.3 is 5.97 Å². The summed E-state index contributed by atoms with van der Waals surface area (Å²) in [6.07, 6.45) is 4.71. The van der Waals surface area contributed by atoms with Crippen LogP contribution in [0.2, 0.25) is 0 Å². The summed E-state index contributed by atoms with van der Waals surface area (Å²) in [5, 5.41) is 17.6. The number of carboxylic acids is 1. The van der Waals surface area contributed by atoms with Gasteiger partial charge < -0.3 is 10.2 Å². The molecule has 1 saturated carbocycles. The van der Waals surface area contributed by atoms with E-state index in [9.17, 15) is 9.90 Å². The van der Waals surface area contributed by atoms with E-state index in [1.807, 2.05) is 0 Å². The first kappa shape index (κ1) is 9.52. The number of carboxylic acid groups (broad SMARTS) is 1. The van der Waals surface area contributed by atoms with Crippen LogP contribution in [0.25, 0.3) is 0 Å². The van der Waals surface area contributed by atoms with Gasteiger partial charge in [-0.3, -0.25) is 4.79 Å². The van der Waals surface area contributed by atoms with Crippen LogP contribution in [0.1, 0.15) is 38.5 Å². The van der Waals surface area contributed by atoms with E-state index in [4.69, 9.17) is 5.11 Å². The first-order chi connectivity index (χ1) is 5.68. The zero-order chi connectivity index (χ0) is 8.97. The maximum absolute atomic E-state index is 10.2. The van der Waals surface area contributed by atoms with E-state index in [0.29, 0.717) is 5.92 Å². The lowest BCUT2D eigenvalue weighted by molar-refractivity contribution is -0.137. The summed E-state index contributed by atoms with van der Waals surface area (Å²) in [6.45, 7) is 0. The summed E-state index contributed by atoms with van der Waals surface area (Å²) in [4.78, 5) is 10.2. The van der Waals surface area contributed by atoms with E-state index in [2.05, 4.69) is 0 Å². The molecule has 1 aliphatic carbocycles. The average molecular weight is 172 g/mol. The molecule has 3 heteroatoms. The van der Waals surface area contributed by atoms with Crippen molar-refractivity contribution in [2.75, 3.05) is 0 Å². The van der Waals surface area contributed by atoms with Gasteiger partial charge in [-0.2, -0.15) is 0 Å². The minimum atomic E-state index is -0.714. The number of hydrogen-bond acceptors (Lipinski definition) is 2. The van der Waals surface area contributed by atoms with Gasteiger partial charge in [-0.15, -0.1) is 0 Å². The first-order valence-corrected chi connectivity index (χ1v) is 4.58. The standard InChI is InChI=1S/C9H16O3/c10-8-5-4-7(6-8)2-1-3-9(11)12/h7-8,10H,1-6H2,(H,11,12). The summed E-state index contributed by atoms with van der Waals surface area (Å²) in [7, 11) is 0. The van der Waals surface area contributed by atoms with Crippen LogP contribution in [0.4, 0.5) is 0 Å². The van der Waals surface area contributed by atoms with Gasteiger partial charge in [0.25, 0.3) is 0 Å². The maximum atomic E-state index is 10.2. The van der Waals surface area contributed by atoms with Crippen molar-refractivity contribution < 1.29 is 15.0 Å². The Hall–Kier alpha value is -0.570. The van der Waals surface area contributed by atoms with Crippen LogP contribution >= 0.6 is 0 Å². The Bertz CT molecular complexity index is 156. The Morgan fingerprint density at radius 3 is 2.67 bits per heavy atom. The molecule has 0 aromatic heterocycles. The highest BCUT2D eigenvalue weighted by atomic mass is 16.4. The van der Waals surface area contributed by atoms with Crippen molar-refractivity contribution in [3.8, 4) is 0 Å². The van der Waals surface area contributed by atoms with Crippen LogP contribution in [0, 0.1) is 5.92 Å². The number of aliphatic hydroxyl groups is 1. The first-order valence-electron chi connectivity index (χ1n) is 4.58. The van der Waals surface area contributed by atoms with Crippen LogP contribution in [0.15, 0.2) is 0 Å². The van der Waals surface area contributed by atoms with Gasteiger partial charge in [0.05, 0.1) is 6.10 Å². The molecule has 0 aromatic carbocycles. The highest BCUT2D eigenvalue weighted by molar-refractivity contribution is 5.66. The Morgan fingerprint density at radius 2 is 2.17 bits per heavy atom. The Kier molecular flexibility index (Phi) is 3.53. The number of rotatable bonds is 4. The third-order valence-electron chi connectivity index (χ3n) is 2.52. The fourth-order valence-electron chi connectivity index (χ4n) is 1.85. The Labute approximate surface area is 72.4 Å². The molecule has 12 heavy (non-hydrogen) atoms. The van der Waals surface area contributed by atoms with Crippen molar-refractivity contribution in [3.05, 3.63) is 0 Å². The minimum absolute atomic E-state index is 0.125. The van der Waals surface area contributed by atoms with Gasteiger partial charge in [0, 0.05) is 6.42 Å². The van der Waals surface area contributed by atoms with Crippen molar-refractivity contribution in [3.63, 3.8) is 0 Å². The predicted octanol–water partition coefficient (Wildman–Crippen LogP) is 1.40. The topological polar surface area (TPSA) is 57.5 Å². The molecule has 70 valence electrons. The zero-order valence-corrected chi connectivity index (χ0v) is 7.20. The van der Waals surface area contributed by atoms with Crippen molar-refractivity contribution >= 4 is 5.97 Å². The number of carbonyl (C=O) groups is 1. The Balaban J connectivity index is 2.04. The number of hydrogen-bond donors (Lipinski definition) is 2. The third kappa shape index (κ3) is 3.22. The molecule has 3 nitrogen and oxygen atoms in total. The smallest absolute Gasteiger partial charge is 0.303 e. The summed E-state index contributed by atoms with van der Waals surface area (Å²) in [6, 6.07) is 0. The summed E-state index contributed by atoms with van der Waals surface area (Å²) in [5.41, 5.74) is 0. The van der Waals surface area contributed by atoms with Gasteiger partial charge in [0.1, 0.15) is 0 Å². The molecule has 1 rings (SSSR count). The summed E-state index contributed by atoms with van der Waals surface area (Å²) < 4.78 is 0. The predicted molar refractivity (Wildman–Crippen MR) is 44.8 cm³/mol. The zero-order valence-electron chi connectivity index (χ0n) is 7.20. The second-order valence-electron chi connectivity index (χ2n) is 3.62. The van der Waals surface area contributed by atoms with Gasteiger partial charge in [-0.05, 0) is 38.0 Å². The molecule has 1 aliphatic rings. The molecule has 2 atom stereocenters. The Morgan fingerprint density at radius 1 is 1.42 bits per heavy atom. The molecule has 0 aromatic rings. The molecular formula is C9H16O3. The molecule has 0 amide bonds. The van der Waals surface area contributed by atoms with Gasteiger partial charge in [-0.25, -0.2) is 0 Å². The van der Waals surface area contributed by atoms with E-state index in [1.54, 1.807) is 0 Å². The lowest BCUT2D eigenvalue weighted by Crippen LogP contribution is -2.01. The highest BCUT2D eigenvalue weighted by Crippen LogP contribution is 2.29. The fraction of sp³-hybridized carbons (Fsp3) is 0.889. The van der Waals surface area contributed by atoms with Crippen LogP contribution in [-0.2, 0) is 4.79 Å². The molecule has 1 fully saturated rings. The largest absolute Gasteiger partial charge is 0.481 e. The molecule has 0 saturated heterocycles. The monoisotopic (exact) mass is 172 g/mol. The minimum Gasteiger partial charge on any atom is -0.481 e. The van der Waals surface area contributed by atoms with Crippen molar-refractivity contribution in [2.24, 2.45) is 5.92 Å². The number of aliphatic carboxylic acids is 1. The molecule has 0 spiro atoms.